The molecule has 2 aromatic carbocycles. The van der Waals surface area contributed by atoms with Crippen LogP contribution in [-0.4, -0.2) is 35.4 Å². The number of rotatable bonds is 5. The van der Waals surface area contributed by atoms with Gasteiger partial charge in [0.05, 0.1) is 44.1 Å². The topological polar surface area (TPSA) is 50.4 Å². The molecule has 0 atom stereocenters. The zero-order valence-corrected chi connectivity index (χ0v) is 17.7. The van der Waals surface area contributed by atoms with Crippen molar-refractivity contribution >= 4 is 22.5 Å². The largest absolute Gasteiger partial charge is 0.493 e. The average molecular weight is 412 g/mol. The third kappa shape index (κ3) is 3.09. The van der Waals surface area contributed by atoms with Gasteiger partial charge in [-0.25, -0.2) is 4.98 Å². The van der Waals surface area contributed by atoms with Crippen molar-refractivity contribution in [3.05, 3.63) is 47.9 Å². The third-order valence-electron chi connectivity index (χ3n) is 5.09. The van der Waals surface area contributed by atoms with Gasteiger partial charge in [0.1, 0.15) is 0 Å². The van der Waals surface area contributed by atoms with E-state index in [1.807, 2.05) is 41.6 Å². The first kappa shape index (κ1) is 19.2. The van der Waals surface area contributed by atoms with Gasteiger partial charge in [-0.05, 0) is 24.3 Å². The molecule has 0 radical (unpaired) electrons. The Morgan fingerprint density at radius 2 is 1.55 bits per heavy atom. The number of hydrogen-bond donors (Lipinski definition) is 0. The van der Waals surface area contributed by atoms with E-state index in [-0.39, 0.29) is 0 Å². The monoisotopic (exact) mass is 411 g/mol. The second kappa shape index (κ2) is 7.37. The van der Waals surface area contributed by atoms with Crippen LogP contribution in [0, 0.1) is 0 Å². The van der Waals surface area contributed by atoms with Crippen LogP contribution in [0.1, 0.15) is 0 Å². The summed E-state index contributed by atoms with van der Waals surface area (Å²) in [5.41, 5.74) is 4.76. The molecular weight excluding hydrogens is 390 g/mol. The zero-order chi connectivity index (χ0) is 20.7. The molecule has 6 nitrogen and oxygen atoms in total. The Hall–Kier alpha value is -3.12. The minimum atomic E-state index is 0.550. The van der Waals surface area contributed by atoms with Crippen molar-refractivity contribution in [2.75, 3.05) is 21.3 Å². The smallest absolute Gasteiger partial charge is 0.203 e. The molecule has 0 saturated heterocycles. The van der Waals surface area contributed by atoms with E-state index in [1.54, 1.807) is 27.7 Å². The van der Waals surface area contributed by atoms with Crippen LogP contribution in [0.15, 0.2) is 42.9 Å². The molecule has 0 aliphatic rings. The van der Waals surface area contributed by atoms with Gasteiger partial charge in [0.2, 0.25) is 5.75 Å². The molecule has 0 fully saturated rings. The number of fused-ring (bicyclic) bond motifs is 1. The number of aryl methyl sites for hydroxylation is 2. The summed E-state index contributed by atoms with van der Waals surface area (Å²) in [6, 6.07) is 10.1. The van der Waals surface area contributed by atoms with Gasteiger partial charge in [0.15, 0.2) is 11.5 Å². The number of methoxy groups -OCH3 is 3. The van der Waals surface area contributed by atoms with E-state index in [1.165, 1.54) is 0 Å². The molecule has 0 bridgehead atoms. The fourth-order valence-electron chi connectivity index (χ4n) is 3.69. The Kier molecular flexibility index (Phi) is 4.88. The summed E-state index contributed by atoms with van der Waals surface area (Å²) >= 11 is 6.43. The van der Waals surface area contributed by atoms with Crippen LogP contribution in [0.25, 0.3) is 33.4 Å². The van der Waals surface area contributed by atoms with E-state index in [4.69, 9.17) is 25.8 Å². The SMILES string of the molecule is COc1cc(-c2ncn(C)c2-c2ccc3c(c2)c(Cl)cn3C)cc(OC)c1OC. The Morgan fingerprint density at radius 1 is 0.862 bits per heavy atom. The molecular formula is C22H22ClN3O3. The van der Waals surface area contributed by atoms with Crippen molar-refractivity contribution in [2.24, 2.45) is 14.1 Å². The van der Waals surface area contributed by atoms with Crippen molar-refractivity contribution in [3.63, 3.8) is 0 Å². The molecule has 2 aromatic heterocycles. The summed E-state index contributed by atoms with van der Waals surface area (Å²) < 4.78 is 20.5. The number of imidazole rings is 1. The Labute approximate surface area is 174 Å². The molecule has 4 aromatic rings. The summed E-state index contributed by atoms with van der Waals surface area (Å²) in [5, 5.41) is 1.73. The van der Waals surface area contributed by atoms with E-state index < -0.39 is 0 Å². The van der Waals surface area contributed by atoms with Crippen molar-refractivity contribution < 1.29 is 14.2 Å². The van der Waals surface area contributed by atoms with Crippen molar-refractivity contribution in [3.8, 4) is 39.8 Å². The predicted molar refractivity (Wildman–Crippen MR) is 115 cm³/mol. The number of ether oxygens (including phenoxy) is 3. The van der Waals surface area contributed by atoms with E-state index in [0.29, 0.717) is 17.2 Å². The standard InChI is InChI=1S/C22H22ClN3O3/c1-25-11-16(23)15-8-13(6-7-17(15)25)21-20(24-12-26(21)2)14-9-18(27-3)22(29-5)19(10-14)28-4/h6-12H,1-5H3. The normalized spacial score (nSPS) is 11.1. The van der Waals surface area contributed by atoms with E-state index in [0.717, 1.165) is 38.4 Å². The summed E-state index contributed by atoms with van der Waals surface area (Å²) in [7, 11) is 8.75. The molecule has 7 heteroatoms. The molecule has 0 unspecified atom stereocenters. The van der Waals surface area contributed by atoms with Gasteiger partial charge < -0.3 is 23.3 Å². The van der Waals surface area contributed by atoms with Crippen LogP contribution in [0.5, 0.6) is 17.2 Å². The van der Waals surface area contributed by atoms with Crippen LogP contribution in [0.4, 0.5) is 0 Å². The fourth-order valence-corrected chi connectivity index (χ4v) is 3.99. The number of aromatic nitrogens is 3. The van der Waals surface area contributed by atoms with Gasteiger partial charge in [-0.3, -0.25) is 0 Å². The maximum atomic E-state index is 6.43. The Balaban J connectivity index is 1.92. The zero-order valence-electron chi connectivity index (χ0n) is 17.0. The highest BCUT2D eigenvalue weighted by atomic mass is 35.5. The molecule has 150 valence electrons. The summed E-state index contributed by atoms with van der Waals surface area (Å²) in [6.07, 6.45) is 3.71. The average Bonchev–Trinajstić information content (AvgIpc) is 3.25. The maximum Gasteiger partial charge on any atom is 0.203 e. The lowest BCUT2D eigenvalue weighted by Crippen LogP contribution is -1.97. The van der Waals surface area contributed by atoms with Gasteiger partial charge in [-0.1, -0.05) is 17.7 Å². The van der Waals surface area contributed by atoms with Gasteiger partial charge >= 0.3 is 0 Å². The fraction of sp³-hybridized carbons (Fsp3) is 0.227. The molecule has 0 aliphatic heterocycles. The van der Waals surface area contributed by atoms with Gasteiger partial charge in [0.25, 0.3) is 0 Å². The third-order valence-corrected chi connectivity index (χ3v) is 5.39. The molecule has 0 aliphatic carbocycles. The minimum Gasteiger partial charge on any atom is -0.493 e. The van der Waals surface area contributed by atoms with Crippen LogP contribution < -0.4 is 14.2 Å². The lowest BCUT2D eigenvalue weighted by atomic mass is 10.0. The number of benzene rings is 2. The van der Waals surface area contributed by atoms with Crippen molar-refractivity contribution in [1.29, 1.82) is 0 Å². The van der Waals surface area contributed by atoms with Crippen LogP contribution in [-0.2, 0) is 14.1 Å². The first-order chi connectivity index (χ1) is 14.0. The van der Waals surface area contributed by atoms with Crippen LogP contribution >= 0.6 is 11.6 Å². The van der Waals surface area contributed by atoms with Gasteiger partial charge in [-0.15, -0.1) is 0 Å². The number of halogens is 1. The second-order valence-corrected chi connectivity index (χ2v) is 7.19. The molecule has 4 rings (SSSR count). The van der Waals surface area contributed by atoms with E-state index in [9.17, 15) is 0 Å². The highest BCUT2D eigenvalue weighted by Crippen LogP contribution is 2.43. The minimum absolute atomic E-state index is 0.550. The van der Waals surface area contributed by atoms with Gasteiger partial charge in [0, 0.05) is 42.3 Å². The molecule has 0 saturated carbocycles. The predicted octanol–water partition coefficient (Wildman–Crippen LogP) is 4.93. The Morgan fingerprint density at radius 3 is 2.17 bits per heavy atom. The van der Waals surface area contributed by atoms with E-state index >= 15 is 0 Å². The first-order valence-corrected chi connectivity index (χ1v) is 9.43. The van der Waals surface area contributed by atoms with Crippen molar-refractivity contribution in [1.82, 2.24) is 14.1 Å². The summed E-state index contributed by atoms with van der Waals surface area (Å²) in [4.78, 5) is 4.65. The quantitative estimate of drug-likeness (QED) is 0.467. The molecule has 0 spiro atoms. The lowest BCUT2D eigenvalue weighted by molar-refractivity contribution is 0.324. The van der Waals surface area contributed by atoms with Crippen LogP contribution in [0.3, 0.4) is 0 Å². The highest BCUT2D eigenvalue weighted by molar-refractivity contribution is 6.35. The first-order valence-electron chi connectivity index (χ1n) is 9.05. The number of hydrogen-bond acceptors (Lipinski definition) is 4. The Bertz CT molecular complexity index is 1180. The maximum absolute atomic E-state index is 6.43. The van der Waals surface area contributed by atoms with E-state index in [2.05, 4.69) is 23.2 Å². The van der Waals surface area contributed by atoms with Crippen LogP contribution in [0.2, 0.25) is 5.02 Å². The van der Waals surface area contributed by atoms with Gasteiger partial charge in [-0.2, -0.15) is 0 Å². The van der Waals surface area contributed by atoms with Crippen molar-refractivity contribution in [2.45, 2.75) is 0 Å². The molecule has 0 amide bonds. The summed E-state index contributed by atoms with van der Waals surface area (Å²) in [5.74, 6) is 1.72. The second-order valence-electron chi connectivity index (χ2n) is 6.79. The lowest BCUT2D eigenvalue weighted by Gasteiger charge is -2.14. The summed E-state index contributed by atoms with van der Waals surface area (Å²) in [6.45, 7) is 0. The molecule has 2 heterocycles. The highest BCUT2D eigenvalue weighted by Gasteiger charge is 2.20. The molecule has 0 N–H and O–H groups in total. The molecule has 29 heavy (non-hydrogen) atoms. The number of nitrogens with zero attached hydrogens (tertiary/aromatic N) is 3.